The molecule has 5 aliphatic heterocycles. The number of nitrogens with zero attached hydrogens (tertiary/aromatic N) is 8. The summed E-state index contributed by atoms with van der Waals surface area (Å²) in [6.45, 7) is 10.8. The van der Waals surface area contributed by atoms with Crippen molar-refractivity contribution in [3.63, 3.8) is 0 Å². The average Bonchev–Trinajstić information content (AvgIpc) is 4.07. The fourth-order valence-corrected chi connectivity index (χ4v) is 12.8. The standard InChI is InChI=1S/C54H68ClF5N10O7S/c1-30(2)44(68-16-12-53(51(68)75)10-14-67(15-11-53)49(73)46(55)57)47(71)63-39-24-42-62-40(27-78-42)34-22-33-36(25-52(4,5)29-77-50(74)38-9-8-13-70(64-38)48(39)72)45(69(28-54(58,59)60)41(33)23-37(34)56)35-21-32(26-61-43(35)31(3)76-7)66-19-17-65(6)18-20-66/h21-23,26-27,30-31,38-39,44,46,64H,8-20,24-25,28-29H2,1-7H3,(H,63,71)/t31-,38-,39-,44-,46-/m0/s1. The van der Waals surface area contributed by atoms with Gasteiger partial charge in [0.2, 0.25) is 11.8 Å². The Bertz CT molecular complexity index is 2940. The summed E-state index contributed by atoms with van der Waals surface area (Å²) in [5.74, 6) is -4.31. The van der Waals surface area contributed by atoms with Crippen LogP contribution in [-0.4, -0.2) is 167 Å². The van der Waals surface area contributed by atoms with Crippen LogP contribution in [0.3, 0.4) is 0 Å². The first-order valence-electron chi connectivity index (χ1n) is 26.6. The number of rotatable bonds is 10. The van der Waals surface area contributed by atoms with Crippen molar-refractivity contribution < 1.29 is 55.4 Å². The molecular formula is C54H68ClF5N10O7S. The zero-order valence-corrected chi connectivity index (χ0v) is 46.6. The zero-order valence-electron chi connectivity index (χ0n) is 45.0. The van der Waals surface area contributed by atoms with Crippen LogP contribution in [0.15, 0.2) is 29.8 Å². The number of piperazine rings is 1. The SMILES string of the molecule is CO[C@@H](C)c1ncc(N2CCN(C)CC2)cc1-c1c2c3cc(c(F)cc3n1CC(F)(F)F)-c1csc(n1)C[C@H](NC(=O)[C@H](C(C)C)N1CCC3(CCN(C(=O)[C@H](F)Cl)CC3)C1=O)C(=O)N1CCC[C@H](N1)C(=O)OCC(C)(C)C2. The quantitative estimate of drug-likeness (QED) is 0.0944. The van der Waals surface area contributed by atoms with Crippen molar-refractivity contribution in [1.29, 1.82) is 0 Å². The van der Waals surface area contributed by atoms with Gasteiger partial charge < -0.3 is 39.0 Å². The number of halogens is 6. The van der Waals surface area contributed by atoms with Crippen molar-refractivity contribution in [2.75, 3.05) is 78.0 Å². The molecule has 5 atom stereocenters. The number of carbonyl (C=O) groups excluding carboxylic acids is 5. The summed E-state index contributed by atoms with van der Waals surface area (Å²) in [6, 6.07) is 1.10. The fraction of sp³-hybridized carbons (Fsp3) is 0.611. The first-order valence-corrected chi connectivity index (χ1v) is 27.9. The summed E-state index contributed by atoms with van der Waals surface area (Å²) in [5.41, 5.74) is 1.17. The Morgan fingerprint density at radius 2 is 1.71 bits per heavy atom. The molecule has 24 heteroatoms. The number of likely N-dealkylation sites (tertiary alicyclic amines) is 2. The molecule has 0 unspecified atom stereocenters. The molecule has 78 heavy (non-hydrogen) atoms. The number of methoxy groups -OCH3 is 1. The van der Waals surface area contributed by atoms with Gasteiger partial charge in [0.15, 0.2) is 0 Å². The third kappa shape index (κ3) is 11.7. The van der Waals surface area contributed by atoms with E-state index in [1.165, 1.54) is 28.0 Å². The summed E-state index contributed by atoms with van der Waals surface area (Å²) in [7, 11) is 3.51. The van der Waals surface area contributed by atoms with E-state index < -0.39 is 88.8 Å². The minimum Gasteiger partial charge on any atom is -0.464 e. The van der Waals surface area contributed by atoms with Crippen molar-refractivity contribution >= 4 is 69.1 Å². The van der Waals surface area contributed by atoms with Crippen LogP contribution in [0.25, 0.3) is 33.4 Å². The maximum absolute atomic E-state index is 17.0. The number of hydrogen-bond acceptors (Lipinski definition) is 13. The number of ether oxygens (including phenoxy) is 2. The van der Waals surface area contributed by atoms with Crippen LogP contribution in [0, 0.1) is 22.6 Å². The Hall–Kier alpha value is -5.49. The molecule has 0 radical (unpaired) electrons. The lowest BCUT2D eigenvalue weighted by Gasteiger charge is -2.39. The van der Waals surface area contributed by atoms with E-state index in [2.05, 4.69) is 20.5 Å². The number of benzene rings is 1. The van der Waals surface area contributed by atoms with E-state index in [-0.39, 0.29) is 86.8 Å². The molecule has 3 aromatic heterocycles. The molecule has 17 nitrogen and oxygen atoms in total. The summed E-state index contributed by atoms with van der Waals surface area (Å²) in [5, 5.41) is 6.42. The second kappa shape index (κ2) is 22.6. The lowest BCUT2D eigenvalue weighted by atomic mass is 9.77. The number of hydrazine groups is 1. The van der Waals surface area contributed by atoms with Gasteiger partial charge in [-0.15, -0.1) is 11.3 Å². The monoisotopic (exact) mass is 1130 g/mol. The van der Waals surface area contributed by atoms with Crippen molar-refractivity contribution in [1.82, 2.24) is 45.0 Å². The lowest BCUT2D eigenvalue weighted by molar-refractivity contribution is -0.155. The molecule has 4 aromatic rings. The average molecular weight is 1130 g/mol. The summed E-state index contributed by atoms with van der Waals surface area (Å²) in [4.78, 5) is 87.1. The Balaban J connectivity index is 1.12. The fourth-order valence-electron chi connectivity index (χ4n) is 11.8. The molecule has 4 saturated heterocycles. The number of anilines is 1. The van der Waals surface area contributed by atoms with Crippen LogP contribution in [0.5, 0.6) is 0 Å². The molecule has 1 spiro atoms. The van der Waals surface area contributed by atoms with Gasteiger partial charge in [-0.05, 0) is 82.2 Å². The van der Waals surface area contributed by atoms with Gasteiger partial charge in [-0.2, -0.15) is 13.2 Å². The molecule has 424 valence electrons. The molecule has 1 aromatic carbocycles. The third-order valence-corrected chi connectivity index (χ3v) is 17.2. The number of nitrogens with one attached hydrogen (secondary N) is 2. The number of alkyl halides is 5. The van der Waals surface area contributed by atoms with E-state index in [4.69, 9.17) is 31.0 Å². The van der Waals surface area contributed by atoms with Crippen molar-refractivity contribution in [3.05, 3.63) is 51.9 Å². The largest absolute Gasteiger partial charge is 0.464 e. The van der Waals surface area contributed by atoms with E-state index in [1.54, 1.807) is 32.3 Å². The van der Waals surface area contributed by atoms with E-state index in [1.807, 2.05) is 27.0 Å². The molecule has 0 aliphatic carbocycles. The van der Waals surface area contributed by atoms with E-state index in [9.17, 15) is 28.4 Å². The second-order valence-electron chi connectivity index (χ2n) is 22.7. The predicted molar refractivity (Wildman–Crippen MR) is 283 cm³/mol. The Morgan fingerprint density at radius 3 is 2.37 bits per heavy atom. The number of esters is 1. The van der Waals surface area contributed by atoms with Crippen LogP contribution in [0.2, 0.25) is 0 Å². The highest BCUT2D eigenvalue weighted by Gasteiger charge is 2.52. The summed E-state index contributed by atoms with van der Waals surface area (Å²) >= 11 is 6.54. The van der Waals surface area contributed by atoms with Gasteiger partial charge in [-0.3, -0.25) is 34.0 Å². The topological polar surface area (TPSA) is 175 Å². The maximum Gasteiger partial charge on any atom is 0.406 e. The van der Waals surface area contributed by atoms with Crippen molar-refractivity contribution in [2.45, 2.75) is 122 Å². The number of pyridine rings is 1. The number of piperidine rings is 1. The van der Waals surface area contributed by atoms with Gasteiger partial charge in [-0.25, -0.2) is 19.2 Å². The first-order chi connectivity index (χ1) is 36.9. The van der Waals surface area contributed by atoms with Crippen molar-refractivity contribution in [3.8, 4) is 22.5 Å². The Morgan fingerprint density at radius 1 is 1.00 bits per heavy atom. The van der Waals surface area contributed by atoms with Gasteiger partial charge in [0.1, 0.15) is 30.5 Å². The number of hydrogen-bond donors (Lipinski definition) is 2. The van der Waals surface area contributed by atoms with Crippen LogP contribution >= 0.6 is 22.9 Å². The lowest BCUT2D eigenvalue weighted by Crippen LogP contribution is -2.62. The minimum atomic E-state index is -4.76. The number of amides is 4. The van der Waals surface area contributed by atoms with Crippen LogP contribution in [0.4, 0.5) is 27.6 Å². The predicted octanol–water partition coefficient (Wildman–Crippen LogP) is 7.04. The van der Waals surface area contributed by atoms with E-state index >= 15 is 17.6 Å². The number of likely N-dealkylation sites (N-methyl/N-ethyl adjacent to an activating group) is 1. The smallest absolute Gasteiger partial charge is 0.406 e. The van der Waals surface area contributed by atoms with Crippen LogP contribution in [0.1, 0.15) is 89.1 Å². The van der Waals surface area contributed by atoms with Gasteiger partial charge >= 0.3 is 12.1 Å². The number of carbonyl (C=O) groups is 5. The maximum atomic E-state index is 17.0. The molecule has 0 saturated carbocycles. The Kier molecular flexibility index (Phi) is 16.6. The van der Waals surface area contributed by atoms with Crippen molar-refractivity contribution in [2.24, 2.45) is 16.7 Å². The molecule has 6 bridgehead atoms. The first kappa shape index (κ1) is 57.2. The molecular weight excluding hydrogens is 1060 g/mol. The highest BCUT2D eigenvalue weighted by atomic mass is 35.5. The van der Waals surface area contributed by atoms with Gasteiger partial charge in [0, 0.05) is 93.2 Å². The van der Waals surface area contributed by atoms with Gasteiger partial charge in [0.05, 0.1) is 57.6 Å². The minimum absolute atomic E-state index is 0.0155. The van der Waals surface area contributed by atoms with E-state index in [0.29, 0.717) is 65.3 Å². The highest BCUT2D eigenvalue weighted by molar-refractivity contribution is 7.10. The summed E-state index contributed by atoms with van der Waals surface area (Å²) in [6.07, 6.45) is -2.28. The number of aromatic nitrogens is 3. The zero-order chi connectivity index (χ0) is 56.2. The summed E-state index contributed by atoms with van der Waals surface area (Å²) < 4.78 is 88.9. The number of fused-ring (bicyclic) bond motifs is 6. The van der Waals surface area contributed by atoms with Gasteiger partial charge in [-0.1, -0.05) is 39.3 Å². The normalized spacial score (nSPS) is 22.7. The van der Waals surface area contributed by atoms with Crippen LogP contribution in [-0.2, 0) is 52.8 Å². The number of thiazole rings is 1. The molecule has 8 heterocycles. The highest BCUT2D eigenvalue weighted by Crippen LogP contribution is 2.46. The molecule has 5 aliphatic rings. The Labute approximate surface area is 459 Å². The molecule has 9 rings (SSSR count). The molecule has 2 N–H and O–H groups in total. The van der Waals surface area contributed by atoms with E-state index in [0.717, 1.165) is 35.1 Å². The molecule has 4 fully saturated rings. The van der Waals surface area contributed by atoms with Crippen LogP contribution < -0.4 is 15.6 Å². The number of cyclic esters (lactones) is 1. The van der Waals surface area contributed by atoms with Gasteiger partial charge in [0.25, 0.3) is 17.4 Å². The second-order valence-corrected chi connectivity index (χ2v) is 24.0. The molecule has 4 amide bonds. The third-order valence-electron chi connectivity index (χ3n) is 16.2.